The molecule has 1 aliphatic rings. The van der Waals surface area contributed by atoms with Gasteiger partial charge in [-0.05, 0) is 75.8 Å². The van der Waals surface area contributed by atoms with Gasteiger partial charge in [0.15, 0.2) is 0 Å². The normalized spacial score (nSPS) is 14.6. The molecule has 9 heteroatoms. The standard InChI is InChI=1S/C27H28ClFN6O/c1-17-16-35(25-22(28)5-4-6-23(25)29)26(36)21-15-30-27(32-24(17)21)31-18-7-9-20(10-8-18)34-13-11-19(12-14-34)33(2)3/h4-10,15-16,19H,11-14H2,1-3H3,(H,30,31,32). The zero-order chi connectivity index (χ0) is 25.4. The van der Waals surface area contributed by atoms with Gasteiger partial charge in [-0.25, -0.2) is 14.4 Å². The van der Waals surface area contributed by atoms with Gasteiger partial charge in [-0.15, -0.1) is 0 Å². The van der Waals surface area contributed by atoms with Gasteiger partial charge in [0.05, 0.1) is 15.9 Å². The van der Waals surface area contributed by atoms with Crippen molar-refractivity contribution in [3.63, 3.8) is 0 Å². The second kappa shape index (κ2) is 9.87. The Morgan fingerprint density at radius 2 is 1.83 bits per heavy atom. The molecule has 0 radical (unpaired) electrons. The summed E-state index contributed by atoms with van der Waals surface area (Å²) in [5.74, 6) is -0.195. The van der Waals surface area contributed by atoms with Crippen molar-refractivity contribution in [2.24, 2.45) is 0 Å². The highest BCUT2D eigenvalue weighted by Crippen LogP contribution is 2.26. The molecule has 1 fully saturated rings. The van der Waals surface area contributed by atoms with Crippen LogP contribution in [-0.2, 0) is 0 Å². The van der Waals surface area contributed by atoms with E-state index in [4.69, 9.17) is 11.6 Å². The number of aromatic nitrogens is 3. The van der Waals surface area contributed by atoms with Gasteiger partial charge in [-0.1, -0.05) is 17.7 Å². The van der Waals surface area contributed by atoms with Gasteiger partial charge in [0, 0.05) is 42.9 Å². The number of pyridine rings is 1. The minimum absolute atomic E-state index is 0.0161. The minimum atomic E-state index is -0.576. The molecular weight excluding hydrogens is 479 g/mol. The van der Waals surface area contributed by atoms with Crippen LogP contribution in [0.4, 0.5) is 21.7 Å². The third-order valence-electron chi connectivity index (χ3n) is 6.80. The Labute approximate surface area is 214 Å². The summed E-state index contributed by atoms with van der Waals surface area (Å²) in [5, 5.41) is 3.66. The van der Waals surface area contributed by atoms with Gasteiger partial charge < -0.3 is 15.1 Å². The van der Waals surface area contributed by atoms with Gasteiger partial charge in [0.25, 0.3) is 5.56 Å². The summed E-state index contributed by atoms with van der Waals surface area (Å²) in [6, 6.07) is 13.2. The van der Waals surface area contributed by atoms with E-state index in [1.165, 1.54) is 28.6 Å². The molecule has 1 aliphatic heterocycles. The van der Waals surface area contributed by atoms with Crippen LogP contribution in [0.3, 0.4) is 0 Å². The third kappa shape index (κ3) is 4.66. The highest BCUT2D eigenvalue weighted by molar-refractivity contribution is 6.32. The van der Waals surface area contributed by atoms with E-state index in [0.29, 0.717) is 23.1 Å². The van der Waals surface area contributed by atoms with Crippen LogP contribution in [0, 0.1) is 12.7 Å². The van der Waals surface area contributed by atoms with Gasteiger partial charge in [-0.3, -0.25) is 9.36 Å². The van der Waals surface area contributed by atoms with Gasteiger partial charge in [-0.2, -0.15) is 0 Å². The van der Waals surface area contributed by atoms with E-state index < -0.39 is 11.4 Å². The molecule has 0 spiro atoms. The van der Waals surface area contributed by atoms with Crippen LogP contribution in [0.1, 0.15) is 18.4 Å². The molecule has 0 aliphatic carbocycles. The Kier molecular flexibility index (Phi) is 6.64. The summed E-state index contributed by atoms with van der Waals surface area (Å²) >= 11 is 6.19. The molecule has 186 valence electrons. The smallest absolute Gasteiger partial charge is 0.266 e. The van der Waals surface area contributed by atoms with E-state index >= 15 is 0 Å². The van der Waals surface area contributed by atoms with Crippen LogP contribution in [0.5, 0.6) is 0 Å². The number of benzene rings is 2. The van der Waals surface area contributed by atoms with Crippen molar-refractivity contribution in [3.05, 3.63) is 81.6 Å². The van der Waals surface area contributed by atoms with Crippen LogP contribution in [0.2, 0.25) is 5.02 Å². The first-order chi connectivity index (χ1) is 17.3. The van der Waals surface area contributed by atoms with Crippen molar-refractivity contribution in [3.8, 4) is 5.69 Å². The van der Waals surface area contributed by atoms with Gasteiger partial charge >= 0.3 is 0 Å². The second-order valence-electron chi connectivity index (χ2n) is 9.37. The lowest BCUT2D eigenvalue weighted by molar-refractivity contribution is 0.249. The molecule has 0 amide bonds. The number of piperidine rings is 1. The lowest BCUT2D eigenvalue weighted by Gasteiger charge is -2.36. The molecule has 7 nitrogen and oxygen atoms in total. The van der Waals surface area contributed by atoms with Crippen molar-refractivity contribution in [2.45, 2.75) is 25.8 Å². The summed E-state index contributed by atoms with van der Waals surface area (Å²) in [7, 11) is 4.29. The average molecular weight is 507 g/mol. The Bertz CT molecular complexity index is 1440. The molecule has 0 bridgehead atoms. The largest absolute Gasteiger partial charge is 0.371 e. The molecule has 2 aromatic carbocycles. The number of fused-ring (bicyclic) bond motifs is 1. The van der Waals surface area contributed by atoms with Gasteiger partial charge in [0.1, 0.15) is 11.5 Å². The predicted octanol–water partition coefficient (Wildman–Crippen LogP) is 5.16. The zero-order valence-electron chi connectivity index (χ0n) is 20.5. The quantitative estimate of drug-likeness (QED) is 0.403. The maximum Gasteiger partial charge on any atom is 0.266 e. The number of hydrogen-bond acceptors (Lipinski definition) is 6. The fourth-order valence-electron chi connectivity index (χ4n) is 4.75. The highest BCUT2D eigenvalue weighted by atomic mass is 35.5. The molecule has 0 saturated carbocycles. The minimum Gasteiger partial charge on any atom is -0.371 e. The molecule has 0 atom stereocenters. The fraction of sp³-hybridized carbons (Fsp3) is 0.296. The number of para-hydroxylation sites is 1. The lowest BCUT2D eigenvalue weighted by Crippen LogP contribution is -2.41. The topological polar surface area (TPSA) is 66.3 Å². The van der Waals surface area contributed by atoms with Crippen LogP contribution < -0.4 is 15.8 Å². The number of nitrogens with one attached hydrogen (secondary N) is 1. The monoisotopic (exact) mass is 506 g/mol. The van der Waals surface area contributed by atoms with Crippen LogP contribution in [-0.4, -0.2) is 52.7 Å². The van der Waals surface area contributed by atoms with E-state index in [2.05, 4.69) is 51.3 Å². The molecule has 3 heterocycles. The number of rotatable bonds is 5. The number of anilines is 3. The summed E-state index contributed by atoms with van der Waals surface area (Å²) in [5.41, 5.74) is 2.83. The summed E-state index contributed by atoms with van der Waals surface area (Å²) in [6.07, 6.45) is 5.33. The first-order valence-corrected chi connectivity index (χ1v) is 12.3. The maximum absolute atomic E-state index is 14.5. The second-order valence-corrected chi connectivity index (χ2v) is 9.77. The van der Waals surface area contributed by atoms with E-state index in [0.717, 1.165) is 31.6 Å². The Morgan fingerprint density at radius 3 is 2.50 bits per heavy atom. The summed E-state index contributed by atoms with van der Waals surface area (Å²) in [6.45, 7) is 3.90. The molecule has 36 heavy (non-hydrogen) atoms. The zero-order valence-corrected chi connectivity index (χ0v) is 21.3. The van der Waals surface area contributed by atoms with E-state index in [1.807, 2.05) is 19.1 Å². The van der Waals surface area contributed by atoms with E-state index in [9.17, 15) is 9.18 Å². The molecule has 5 rings (SSSR count). The predicted molar refractivity (Wildman–Crippen MR) is 143 cm³/mol. The molecule has 1 saturated heterocycles. The SMILES string of the molecule is Cc1cn(-c2c(F)cccc2Cl)c(=O)c2cnc(Nc3ccc(N4CCC(N(C)C)CC4)cc3)nc12. The summed E-state index contributed by atoms with van der Waals surface area (Å²) in [4.78, 5) is 26.8. The lowest BCUT2D eigenvalue weighted by atomic mass is 10.0. The summed E-state index contributed by atoms with van der Waals surface area (Å²) < 4.78 is 15.7. The fourth-order valence-corrected chi connectivity index (χ4v) is 5.01. The molecule has 0 unspecified atom stereocenters. The molecule has 4 aromatic rings. The molecule has 2 aromatic heterocycles. The first kappa shape index (κ1) is 24.2. The molecule has 1 N–H and O–H groups in total. The van der Waals surface area contributed by atoms with Crippen LogP contribution in [0.15, 0.2) is 59.7 Å². The van der Waals surface area contributed by atoms with Crippen molar-refractivity contribution >= 4 is 39.8 Å². The highest BCUT2D eigenvalue weighted by Gasteiger charge is 2.21. The van der Waals surface area contributed by atoms with E-state index in [-0.39, 0.29) is 16.1 Å². The van der Waals surface area contributed by atoms with Crippen LogP contribution in [0.25, 0.3) is 16.6 Å². The van der Waals surface area contributed by atoms with E-state index in [1.54, 1.807) is 12.3 Å². The Hall–Kier alpha value is -3.49. The van der Waals surface area contributed by atoms with Crippen molar-refractivity contribution in [1.82, 2.24) is 19.4 Å². The number of hydrogen-bond donors (Lipinski definition) is 1. The van der Waals surface area contributed by atoms with Crippen molar-refractivity contribution in [2.75, 3.05) is 37.4 Å². The van der Waals surface area contributed by atoms with Crippen molar-refractivity contribution in [1.29, 1.82) is 0 Å². The average Bonchev–Trinajstić information content (AvgIpc) is 2.87. The first-order valence-electron chi connectivity index (χ1n) is 11.9. The molecular formula is C27H28ClFN6O. The van der Waals surface area contributed by atoms with Gasteiger partial charge in [0.2, 0.25) is 5.95 Å². The third-order valence-corrected chi connectivity index (χ3v) is 7.10. The number of halogens is 2. The number of nitrogens with zero attached hydrogens (tertiary/aromatic N) is 5. The van der Waals surface area contributed by atoms with Crippen LogP contribution >= 0.6 is 11.6 Å². The Morgan fingerprint density at radius 1 is 1.11 bits per heavy atom. The Balaban J connectivity index is 1.37. The maximum atomic E-state index is 14.5. The van der Waals surface area contributed by atoms with Crippen molar-refractivity contribution < 1.29 is 4.39 Å². The number of aryl methyl sites for hydroxylation is 1.